The van der Waals surface area contributed by atoms with Crippen LogP contribution in [0.1, 0.15) is 16.8 Å². The van der Waals surface area contributed by atoms with Crippen molar-refractivity contribution >= 4 is 11.6 Å². The van der Waals surface area contributed by atoms with E-state index in [1.54, 1.807) is 6.07 Å². The van der Waals surface area contributed by atoms with Crippen molar-refractivity contribution in [3.05, 3.63) is 82.1 Å². The highest BCUT2D eigenvalue weighted by Crippen LogP contribution is 2.24. The Labute approximate surface area is 155 Å². The van der Waals surface area contributed by atoms with E-state index in [0.717, 1.165) is 35.9 Å². The van der Waals surface area contributed by atoms with Crippen LogP contribution in [0.4, 0.5) is 8.78 Å². The smallest absolute Gasteiger partial charge is 0.163 e. The Morgan fingerprint density at radius 2 is 1.88 bits per heavy atom. The topological polar surface area (TPSA) is 29.0 Å². The molecule has 0 aliphatic carbocycles. The monoisotopic (exact) mass is 371 g/mol. The number of benzene rings is 2. The summed E-state index contributed by atoms with van der Waals surface area (Å²) >= 11 is 5.92. The lowest BCUT2D eigenvalue weighted by Crippen LogP contribution is -2.31. The van der Waals surface area contributed by atoms with Crippen molar-refractivity contribution in [3.8, 4) is 11.4 Å². The molecule has 3 nitrogen and oxygen atoms in total. The van der Waals surface area contributed by atoms with Gasteiger partial charge in [0.25, 0.3) is 0 Å². The molecule has 0 spiro atoms. The number of hydrogen-bond donors (Lipinski definition) is 0. The van der Waals surface area contributed by atoms with Crippen LogP contribution in [0.25, 0.3) is 11.4 Å². The molecule has 26 heavy (non-hydrogen) atoms. The summed E-state index contributed by atoms with van der Waals surface area (Å²) in [6, 6.07) is 11.7. The predicted octanol–water partition coefficient (Wildman–Crippen LogP) is 4.63. The van der Waals surface area contributed by atoms with E-state index in [1.165, 1.54) is 6.07 Å². The SMILES string of the molecule is Fc1cccc(CN2CCc3nc(-c4ccc(Cl)cc4)ncc3C2)c1F. The van der Waals surface area contributed by atoms with Crippen LogP contribution in [0.5, 0.6) is 0 Å². The zero-order valence-corrected chi connectivity index (χ0v) is 14.7. The number of nitrogens with zero attached hydrogens (tertiary/aromatic N) is 3. The summed E-state index contributed by atoms with van der Waals surface area (Å²) in [6.07, 6.45) is 2.57. The summed E-state index contributed by atoms with van der Waals surface area (Å²) in [7, 11) is 0. The zero-order chi connectivity index (χ0) is 18.1. The van der Waals surface area contributed by atoms with Crippen LogP contribution >= 0.6 is 11.6 Å². The van der Waals surface area contributed by atoms with E-state index in [9.17, 15) is 8.78 Å². The van der Waals surface area contributed by atoms with Crippen LogP contribution in [0.3, 0.4) is 0 Å². The lowest BCUT2D eigenvalue weighted by Gasteiger charge is -2.28. The summed E-state index contributed by atoms with van der Waals surface area (Å²) in [4.78, 5) is 11.2. The van der Waals surface area contributed by atoms with Crippen LogP contribution < -0.4 is 0 Å². The largest absolute Gasteiger partial charge is 0.294 e. The second kappa shape index (κ2) is 7.09. The molecule has 3 aromatic rings. The van der Waals surface area contributed by atoms with Crippen LogP contribution in [0, 0.1) is 11.6 Å². The minimum absolute atomic E-state index is 0.363. The molecule has 0 saturated heterocycles. The van der Waals surface area contributed by atoms with Crippen molar-refractivity contribution in [1.82, 2.24) is 14.9 Å². The van der Waals surface area contributed by atoms with Gasteiger partial charge in [0.15, 0.2) is 17.5 Å². The molecule has 1 aliphatic heterocycles. The van der Waals surface area contributed by atoms with Gasteiger partial charge in [-0.15, -0.1) is 0 Å². The van der Waals surface area contributed by atoms with Gasteiger partial charge < -0.3 is 0 Å². The highest BCUT2D eigenvalue weighted by molar-refractivity contribution is 6.30. The van der Waals surface area contributed by atoms with E-state index in [4.69, 9.17) is 11.6 Å². The van der Waals surface area contributed by atoms with Gasteiger partial charge in [0.2, 0.25) is 0 Å². The Hall–Kier alpha value is -2.37. The van der Waals surface area contributed by atoms with E-state index in [1.807, 2.05) is 30.5 Å². The molecule has 4 rings (SSSR count). The number of aromatic nitrogens is 2. The molecule has 0 radical (unpaired) electrons. The summed E-state index contributed by atoms with van der Waals surface area (Å²) in [5.74, 6) is -0.909. The Balaban J connectivity index is 1.52. The van der Waals surface area contributed by atoms with Crippen molar-refractivity contribution in [3.63, 3.8) is 0 Å². The minimum Gasteiger partial charge on any atom is -0.294 e. The molecule has 6 heteroatoms. The Morgan fingerprint density at radius 1 is 1.08 bits per heavy atom. The van der Waals surface area contributed by atoms with Gasteiger partial charge in [0.1, 0.15) is 0 Å². The molecule has 132 valence electrons. The molecule has 1 aromatic heterocycles. The summed E-state index contributed by atoms with van der Waals surface area (Å²) in [5.41, 5.74) is 3.31. The maximum Gasteiger partial charge on any atom is 0.163 e. The van der Waals surface area contributed by atoms with Gasteiger partial charge in [-0.2, -0.15) is 0 Å². The fourth-order valence-electron chi connectivity index (χ4n) is 3.16. The molecule has 1 aliphatic rings. The molecule has 0 unspecified atom stereocenters. The first-order chi connectivity index (χ1) is 12.6. The molecule has 2 aromatic carbocycles. The van der Waals surface area contributed by atoms with Gasteiger partial charge in [-0.25, -0.2) is 18.7 Å². The fraction of sp³-hybridized carbons (Fsp3) is 0.200. The summed E-state index contributed by atoms with van der Waals surface area (Å²) in [6.45, 7) is 1.72. The van der Waals surface area contributed by atoms with Gasteiger partial charge in [0, 0.05) is 54.0 Å². The highest BCUT2D eigenvalue weighted by Gasteiger charge is 2.20. The van der Waals surface area contributed by atoms with Crippen molar-refractivity contribution in [2.45, 2.75) is 19.5 Å². The first-order valence-electron chi connectivity index (χ1n) is 8.36. The molecule has 0 fully saturated rings. The number of hydrogen-bond acceptors (Lipinski definition) is 3. The van der Waals surface area contributed by atoms with Gasteiger partial charge >= 0.3 is 0 Å². The van der Waals surface area contributed by atoms with E-state index < -0.39 is 11.6 Å². The Bertz CT molecular complexity index is 944. The van der Waals surface area contributed by atoms with Gasteiger partial charge in [-0.1, -0.05) is 23.7 Å². The molecule has 0 saturated carbocycles. The Kier molecular flexibility index (Phi) is 4.66. The third-order valence-electron chi connectivity index (χ3n) is 4.54. The summed E-state index contributed by atoms with van der Waals surface area (Å²) < 4.78 is 27.3. The van der Waals surface area contributed by atoms with Gasteiger partial charge in [-0.3, -0.25) is 4.90 Å². The first kappa shape index (κ1) is 17.1. The first-order valence-corrected chi connectivity index (χ1v) is 8.74. The quantitative estimate of drug-likeness (QED) is 0.672. The number of halogens is 3. The second-order valence-corrected chi connectivity index (χ2v) is 6.78. The highest BCUT2D eigenvalue weighted by atomic mass is 35.5. The minimum atomic E-state index is -0.809. The van der Waals surface area contributed by atoms with Gasteiger partial charge in [-0.05, 0) is 30.3 Å². The van der Waals surface area contributed by atoms with Crippen molar-refractivity contribution in [2.24, 2.45) is 0 Å². The molecule has 0 atom stereocenters. The van der Waals surface area contributed by atoms with Gasteiger partial charge in [0.05, 0.1) is 5.69 Å². The van der Waals surface area contributed by atoms with E-state index in [0.29, 0.717) is 29.5 Å². The normalized spacial score (nSPS) is 14.3. The zero-order valence-electron chi connectivity index (χ0n) is 13.9. The average molecular weight is 372 g/mol. The predicted molar refractivity (Wildman–Crippen MR) is 96.7 cm³/mol. The fourth-order valence-corrected chi connectivity index (χ4v) is 3.29. The third-order valence-corrected chi connectivity index (χ3v) is 4.79. The van der Waals surface area contributed by atoms with E-state index in [2.05, 4.69) is 14.9 Å². The van der Waals surface area contributed by atoms with Crippen molar-refractivity contribution < 1.29 is 8.78 Å². The second-order valence-electron chi connectivity index (χ2n) is 6.35. The summed E-state index contributed by atoms with van der Waals surface area (Å²) in [5, 5.41) is 0.673. The van der Waals surface area contributed by atoms with Crippen molar-refractivity contribution in [2.75, 3.05) is 6.54 Å². The average Bonchev–Trinajstić information content (AvgIpc) is 2.66. The number of fused-ring (bicyclic) bond motifs is 1. The maximum atomic E-state index is 13.9. The van der Waals surface area contributed by atoms with E-state index >= 15 is 0 Å². The molecule has 0 N–H and O–H groups in total. The van der Waals surface area contributed by atoms with Crippen LogP contribution in [-0.4, -0.2) is 21.4 Å². The van der Waals surface area contributed by atoms with Crippen LogP contribution in [0.2, 0.25) is 5.02 Å². The van der Waals surface area contributed by atoms with Crippen molar-refractivity contribution in [1.29, 1.82) is 0 Å². The third kappa shape index (κ3) is 3.45. The molecule has 0 bridgehead atoms. The molecule has 2 heterocycles. The molecule has 0 amide bonds. The lowest BCUT2D eigenvalue weighted by atomic mass is 10.1. The number of rotatable bonds is 3. The van der Waals surface area contributed by atoms with E-state index in [-0.39, 0.29) is 0 Å². The lowest BCUT2D eigenvalue weighted by molar-refractivity contribution is 0.238. The Morgan fingerprint density at radius 3 is 2.69 bits per heavy atom. The van der Waals surface area contributed by atoms with Crippen LogP contribution in [-0.2, 0) is 19.5 Å². The molecular weight excluding hydrogens is 356 g/mol. The standard InChI is InChI=1S/C20H16ClF2N3/c21-16-6-4-13(5-7-16)20-24-10-15-12-26(9-8-18(15)25-20)11-14-2-1-3-17(22)19(14)23/h1-7,10H,8-9,11-12H2. The maximum absolute atomic E-state index is 13.9. The molecular formula is C20H16ClF2N3. The van der Waals surface area contributed by atoms with Crippen LogP contribution in [0.15, 0.2) is 48.7 Å².